The minimum absolute atomic E-state index is 0.0558. The van der Waals surface area contributed by atoms with Crippen LogP contribution in [0.25, 0.3) is 0 Å². The number of nitrogens with zero attached hydrogens (tertiary/aromatic N) is 2. The number of rotatable bonds is 6. The third kappa shape index (κ3) is 8.79. The Morgan fingerprint density at radius 3 is 2.28 bits per heavy atom. The van der Waals surface area contributed by atoms with E-state index in [1.807, 2.05) is 18.2 Å². The standard InChI is InChI=1S/C28H38N4O6S/c1-21-27(34)29-16-8-18-32(39(36,37)20-23-9-5-4-6-10-23)17-7-11-26(33)30-25(28(35)31(21)2)19-22-12-14-24(38-3)15-13-22/h4-6,9-10,12-15,21,25H,7-8,11,16-20H2,1-3H3,(H,29,34)(H,30,33)/t21-,25-/m0/s1. The summed E-state index contributed by atoms with van der Waals surface area (Å²) in [6.07, 6.45) is 0.976. The van der Waals surface area contributed by atoms with Crippen LogP contribution in [0.5, 0.6) is 5.75 Å². The van der Waals surface area contributed by atoms with Crippen LogP contribution in [0.1, 0.15) is 37.3 Å². The van der Waals surface area contributed by atoms with Crippen molar-refractivity contribution < 1.29 is 27.5 Å². The molecule has 1 saturated heterocycles. The highest BCUT2D eigenvalue weighted by atomic mass is 32.2. The summed E-state index contributed by atoms with van der Waals surface area (Å²) in [4.78, 5) is 40.4. The van der Waals surface area contributed by atoms with Crippen LogP contribution < -0.4 is 15.4 Å². The summed E-state index contributed by atoms with van der Waals surface area (Å²) < 4.78 is 33.0. The van der Waals surface area contributed by atoms with Gasteiger partial charge in [0.05, 0.1) is 12.9 Å². The van der Waals surface area contributed by atoms with E-state index in [-0.39, 0.29) is 56.0 Å². The molecule has 0 aromatic heterocycles. The lowest BCUT2D eigenvalue weighted by Crippen LogP contribution is -2.54. The molecule has 2 aromatic carbocycles. The molecule has 0 radical (unpaired) electrons. The van der Waals surface area contributed by atoms with Crippen LogP contribution in [0, 0.1) is 0 Å². The summed E-state index contributed by atoms with van der Waals surface area (Å²) in [5.41, 5.74) is 1.49. The Kier molecular flexibility index (Phi) is 10.9. The van der Waals surface area contributed by atoms with Gasteiger partial charge in [0, 0.05) is 39.5 Å². The lowest BCUT2D eigenvalue weighted by Gasteiger charge is -2.29. The van der Waals surface area contributed by atoms with Crippen molar-refractivity contribution in [1.82, 2.24) is 19.8 Å². The first-order chi connectivity index (χ1) is 18.6. The number of nitrogens with one attached hydrogen (secondary N) is 2. The zero-order valence-electron chi connectivity index (χ0n) is 22.8. The van der Waals surface area contributed by atoms with Gasteiger partial charge in [-0.25, -0.2) is 12.7 Å². The zero-order chi connectivity index (χ0) is 28.4. The molecule has 2 atom stereocenters. The summed E-state index contributed by atoms with van der Waals surface area (Å²) in [5.74, 6) is -0.571. The molecule has 3 amide bonds. The van der Waals surface area contributed by atoms with E-state index in [2.05, 4.69) is 10.6 Å². The summed E-state index contributed by atoms with van der Waals surface area (Å²) >= 11 is 0. The number of benzene rings is 2. The molecule has 0 bridgehead atoms. The molecule has 0 aliphatic carbocycles. The Labute approximate surface area is 230 Å². The van der Waals surface area contributed by atoms with Crippen LogP contribution in [0.2, 0.25) is 0 Å². The van der Waals surface area contributed by atoms with E-state index < -0.39 is 22.1 Å². The molecule has 11 heteroatoms. The predicted octanol–water partition coefficient (Wildman–Crippen LogP) is 1.70. The number of hydrogen-bond acceptors (Lipinski definition) is 6. The number of amides is 3. The lowest BCUT2D eigenvalue weighted by molar-refractivity contribution is -0.141. The highest BCUT2D eigenvalue weighted by Gasteiger charge is 2.30. The van der Waals surface area contributed by atoms with Crippen molar-refractivity contribution in [2.75, 3.05) is 33.8 Å². The maximum atomic E-state index is 13.4. The molecule has 3 rings (SSSR count). The average molecular weight is 559 g/mol. The predicted molar refractivity (Wildman–Crippen MR) is 148 cm³/mol. The Morgan fingerprint density at radius 2 is 1.62 bits per heavy atom. The van der Waals surface area contributed by atoms with Gasteiger partial charge in [0.2, 0.25) is 27.7 Å². The Balaban J connectivity index is 1.78. The number of hydrogen-bond donors (Lipinski definition) is 2. The van der Waals surface area contributed by atoms with Crippen LogP contribution in [0.15, 0.2) is 54.6 Å². The lowest BCUT2D eigenvalue weighted by atomic mass is 10.0. The summed E-state index contributed by atoms with van der Waals surface area (Å²) in [5, 5.41) is 5.62. The molecule has 1 fully saturated rings. The fourth-order valence-corrected chi connectivity index (χ4v) is 5.98. The van der Waals surface area contributed by atoms with Gasteiger partial charge in [0.1, 0.15) is 17.8 Å². The van der Waals surface area contributed by atoms with E-state index in [4.69, 9.17) is 4.74 Å². The molecule has 1 aliphatic rings. The van der Waals surface area contributed by atoms with Gasteiger partial charge in [-0.2, -0.15) is 0 Å². The quantitative estimate of drug-likeness (QED) is 0.556. The first-order valence-electron chi connectivity index (χ1n) is 13.1. The van der Waals surface area contributed by atoms with E-state index in [9.17, 15) is 22.8 Å². The number of methoxy groups -OCH3 is 1. The maximum absolute atomic E-state index is 13.4. The van der Waals surface area contributed by atoms with Crippen molar-refractivity contribution in [3.63, 3.8) is 0 Å². The molecule has 10 nitrogen and oxygen atoms in total. The van der Waals surface area contributed by atoms with E-state index in [0.717, 1.165) is 5.56 Å². The molecule has 0 saturated carbocycles. The van der Waals surface area contributed by atoms with Crippen LogP contribution in [0.3, 0.4) is 0 Å². The molecular weight excluding hydrogens is 520 g/mol. The van der Waals surface area contributed by atoms with Gasteiger partial charge in [-0.15, -0.1) is 0 Å². The van der Waals surface area contributed by atoms with Crippen LogP contribution in [0.4, 0.5) is 0 Å². The van der Waals surface area contributed by atoms with Gasteiger partial charge in [-0.3, -0.25) is 14.4 Å². The first-order valence-corrected chi connectivity index (χ1v) is 14.7. The minimum Gasteiger partial charge on any atom is -0.497 e. The molecule has 2 N–H and O–H groups in total. The Bertz CT molecular complexity index is 1220. The molecule has 2 aromatic rings. The monoisotopic (exact) mass is 558 g/mol. The molecule has 1 heterocycles. The second-order valence-electron chi connectivity index (χ2n) is 9.69. The van der Waals surface area contributed by atoms with Gasteiger partial charge in [0.25, 0.3) is 0 Å². The van der Waals surface area contributed by atoms with Crippen LogP contribution >= 0.6 is 0 Å². The second kappa shape index (κ2) is 14.1. The normalized spacial score (nSPS) is 20.9. The minimum atomic E-state index is -3.65. The van der Waals surface area contributed by atoms with E-state index in [1.165, 1.54) is 16.3 Å². The number of ether oxygens (including phenoxy) is 1. The van der Waals surface area contributed by atoms with Gasteiger partial charge in [-0.05, 0) is 43.0 Å². The van der Waals surface area contributed by atoms with Gasteiger partial charge < -0.3 is 20.3 Å². The van der Waals surface area contributed by atoms with Crippen molar-refractivity contribution in [3.05, 3.63) is 65.7 Å². The van der Waals surface area contributed by atoms with Crippen LogP contribution in [-0.4, -0.2) is 81.2 Å². The average Bonchev–Trinajstić information content (AvgIpc) is 2.92. The fraction of sp³-hybridized carbons (Fsp3) is 0.464. The van der Waals surface area contributed by atoms with E-state index in [0.29, 0.717) is 24.2 Å². The zero-order valence-corrected chi connectivity index (χ0v) is 23.6. The topological polar surface area (TPSA) is 125 Å². The van der Waals surface area contributed by atoms with Crippen molar-refractivity contribution in [2.45, 2.75) is 50.4 Å². The first kappa shape index (κ1) is 30.1. The highest BCUT2D eigenvalue weighted by molar-refractivity contribution is 7.88. The SMILES string of the molecule is COc1ccc(C[C@@H]2NC(=O)CCCN(S(=O)(=O)Cc3ccccc3)CCCNC(=O)[C@H](C)N(C)C2=O)cc1. The van der Waals surface area contributed by atoms with Gasteiger partial charge >= 0.3 is 0 Å². The number of carbonyl (C=O) groups excluding carboxylic acids is 3. The van der Waals surface area contributed by atoms with Gasteiger partial charge in [0.15, 0.2) is 0 Å². The van der Waals surface area contributed by atoms with E-state index >= 15 is 0 Å². The third-order valence-electron chi connectivity index (χ3n) is 6.82. The maximum Gasteiger partial charge on any atom is 0.245 e. The van der Waals surface area contributed by atoms with Crippen molar-refractivity contribution >= 4 is 27.7 Å². The highest BCUT2D eigenvalue weighted by Crippen LogP contribution is 2.16. The molecule has 212 valence electrons. The molecular formula is C28H38N4O6S. The summed E-state index contributed by atoms with van der Waals surface area (Å²) in [6.45, 7) is 2.24. The number of sulfonamides is 1. The smallest absolute Gasteiger partial charge is 0.245 e. The molecule has 0 spiro atoms. The second-order valence-corrected chi connectivity index (χ2v) is 11.7. The largest absolute Gasteiger partial charge is 0.497 e. The van der Waals surface area contributed by atoms with Crippen molar-refractivity contribution in [1.29, 1.82) is 0 Å². The molecule has 1 aliphatic heterocycles. The van der Waals surface area contributed by atoms with Crippen molar-refractivity contribution in [2.24, 2.45) is 0 Å². The van der Waals surface area contributed by atoms with Gasteiger partial charge in [-0.1, -0.05) is 42.5 Å². The summed E-state index contributed by atoms with van der Waals surface area (Å²) in [6, 6.07) is 14.4. The molecule has 0 unspecified atom stereocenters. The Hall–Kier alpha value is -3.44. The Morgan fingerprint density at radius 1 is 0.949 bits per heavy atom. The summed E-state index contributed by atoms with van der Waals surface area (Å²) in [7, 11) is -0.548. The van der Waals surface area contributed by atoms with Crippen molar-refractivity contribution in [3.8, 4) is 5.75 Å². The van der Waals surface area contributed by atoms with Crippen LogP contribution in [-0.2, 0) is 36.6 Å². The van der Waals surface area contributed by atoms with E-state index in [1.54, 1.807) is 50.4 Å². The third-order valence-corrected chi connectivity index (χ3v) is 8.67. The number of carbonyl (C=O) groups is 3. The fourth-order valence-electron chi connectivity index (χ4n) is 4.37. The molecule has 39 heavy (non-hydrogen) atoms. The number of likely N-dealkylation sites (N-methyl/N-ethyl adjacent to an activating group) is 1.